The van der Waals surface area contributed by atoms with E-state index in [1.54, 1.807) is 0 Å². The quantitative estimate of drug-likeness (QED) is 0.917. The molecule has 3 fully saturated rings. The average molecular weight is 286 g/mol. The molecule has 1 N–H and O–H groups in total. The predicted molar refractivity (Wildman–Crippen MR) is 85.5 cm³/mol. The summed E-state index contributed by atoms with van der Waals surface area (Å²) in [4.78, 5) is 9.66. The van der Waals surface area contributed by atoms with Crippen LogP contribution in [0.2, 0.25) is 0 Å². The van der Waals surface area contributed by atoms with Gasteiger partial charge in [-0.2, -0.15) is 0 Å². The van der Waals surface area contributed by atoms with Crippen LogP contribution in [0.5, 0.6) is 0 Å². The van der Waals surface area contributed by atoms with Gasteiger partial charge in [0.2, 0.25) is 0 Å². The molecule has 0 bridgehead atoms. The number of pyridine rings is 1. The van der Waals surface area contributed by atoms with E-state index in [4.69, 9.17) is 0 Å². The van der Waals surface area contributed by atoms with Gasteiger partial charge in [0, 0.05) is 61.9 Å². The van der Waals surface area contributed by atoms with Crippen LogP contribution in [0.25, 0.3) is 0 Å². The molecule has 1 aliphatic carbocycles. The Morgan fingerprint density at radius 1 is 1.14 bits per heavy atom. The van der Waals surface area contributed by atoms with Crippen molar-refractivity contribution < 1.29 is 0 Å². The highest BCUT2D eigenvalue weighted by atomic mass is 15.3. The lowest BCUT2D eigenvalue weighted by molar-refractivity contribution is 0.273. The normalized spacial score (nSPS) is 26.7. The van der Waals surface area contributed by atoms with Gasteiger partial charge in [0.05, 0.1) is 0 Å². The Balaban J connectivity index is 1.50. The summed E-state index contributed by atoms with van der Waals surface area (Å²) in [6.07, 6.45) is 10.7. The molecular formula is C17H26N4. The van der Waals surface area contributed by atoms with Crippen molar-refractivity contribution in [2.24, 2.45) is 0 Å². The Kier molecular flexibility index (Phi) is 3.82. The lowest BCUT2D eigenvalue weighted by atomic mass is 10.1. The fourth-order valence-corrected chi connectivity index (χ4v) is 3.83. The molecule has 1 saturated carbocycles. The van der Waals surface area contributed by atoms with Crippen molar-refractivity contribution in [2.75, 3.05) is 31.1 Å². The highest BCUT2D eigenvalue weighted by molar-refractivity contribution is 5.52. The van der Waals surface area contributed by atoms with E-state index in [2.05, 4.69) is 32.4 Å². The van der Waals surface area contributed by atoms with Crippen molar-refractivity contribution in [3.8, 4) is 0 Å². The Labute approximate surface area is 127 Å². The van der Waals surface area contributed by atoms with Gasteiger partial charge in [-0.15, -0.1) is 0 Å². The van der Waals surface area contributed by atoms with E-state index in [1.807, 2.05) is 6.20 Å². The Bertz CT molecular complexity index is 485. The standard InChI is InChI=1S/C17H26N4/c1-3-16-13-21(10-2-9-20(16)8-1)17-6-7-18-11-14(17)12-19-15-4-5-15/h6-7,11,15-16,19H,1-5,8-10,12-13H2. The third-order valence-electron chi connectivity index (χ3n) is 5.18. The number of nitrogens with one attached hydrogen (secondary N) is 1. The van der Waals surface area contributed by atoms with E-state index >= 15 is 0 Å². The van der Waals surface area contributed by atoms with Crippen LogP contribution in [0, 0.1) is 0 Å². The zero-order valence-electron chi connectivity index (χ0n) is 12.8. The summed E-state index contributed by atoms with van der Waals surface area (Å²) in [6.45, 7) is 5.94. The molecule has 21 heavy (non-hydrogen) atoms. The maximum atomic E-state index is 4.35. The summed E-state index contributed by atoms with van der Waals surface area (Å²) in [5, 5.41) is 3.64. The van der Waals surface area contributed by atoms with Gasteiger partial charge in [0.25, 0.3) is 0 Å². The summed E-state index contributed by atoms with van der Waals surface area (Å²) >= 11 is 0. The third-order valence-corrected chi connectivity index (χ3v) is 5.18. The van der Waals surface area contributed by atoms with Gasteiger partial charge in [-0.05, 0) is 44.7 Å². The third kappa shape index (κ3) is 3.06. The molecule has 2 saturated heterocycles. The number of fused-ring (bicyclic) bond motifs is 1. The highest BCUT2D eigenvalue weighted by Crippen LogP contribution is 2.27. The first-order valence-electron chi connectivity index (χ1n) is 8.55. The Hall–Kier alpha value is -1.13. The largest absolute Gasteiger partial charge is 0.370 e. The van der Waals surface area contributed by atoms with E-state index < -0.39 is 0 Å². The zero-order chi connectivity index (χ0) is 14.1. The van der Waals surface area contributed by atoms with E-state index in [1.165, 1.54) is 69.5 Å². The van der Waals surface area contributed by atoms with E-state index in [-0.39, 0.29) is 0 Å². The molecule has 1 aromatic rings. The van der Waals surface area contributed by atoms with Crippen molar-refractivity contribution in [1.82, 2.24) is 15.2 Å². The van der Waals surface area contributed by atoms with Crippen molar-refractivity contribution in [1.29, 1.82) is 0 Å². The van der Waals surface area contributed by atoms with Gasteiger partial charge >= 0.3 is 0 Å². The molecule has 1 unspecified atom stereocenters. The fraction of sp³-hybridized carbons (Fsp3) is 0.706. The number of aromatic nitrogens is 1. The van der Waals surface area contributed by atoms with Crippen molar-refractivity contribution in [3.05, 3.63) is 24.0 Å². The molecule has 4 heteroatoms. The van der Waals surface area contributed by atoms with Gasteiger partial charge in [-0.25, -0.2) is 0 Å². The van der Waals surface area contributed by atoms with Crippen LogP contribution in [0.4, 0.5) is 5.69 Å². The van der Waals surface area contributed by atoms with Crippen LogP contribution in [0.3, 0.4) is 0 Å². The van der Waals surface area contributed by atoms with Crippen LogP contribution in [-0.2, 0) is 6.54 Å². The molecule has 0 spiro atoms. The second-order valence-corrected chi connectivity index (χ2v) is 6.79. The maximum absolute atomic E-state index is 4.35. The summed E-state index contributed by atoms with van der Waals surface area (Å²) < 4.78 is 0. The molecular weight excluding hydrogens is 260 g/mol. The number of hydrogen-bond acceptors (Lipinski definition) is 4. The van der Waals surface area contributed by atoms with Crippen molar-refractivity contribution in [3.63, 3.8) is 0 Å². The Morgan fingerprint density at radius 2 is 2.05 bits per heavy atom. The number of hydrogen-bond donors (Lipinski definition) is 1. The second kappa shape index (κ2) is 5.93. The molecule has 2 aliphatic heterocycles. The maximum Gasteiger partial charge on any atom is 0.0443 e. The molecule has 0 amide bonds. The van der Waals surface area contributed by atoms with Crippen LogP contribution in [0.15, 0.2) is 18.5 Å². The first-order chi connectivity index (χ1) is 10.4. The topological polar surface area (TPSA) is 31.4 Å². The van der Waals surface area contributed by atoms with Crippen molar-refractivity contribution in [2.45, 2.75) is 50.7 Å². The molecule has 4 nitrogen and oxygen atoms in total. The molecule has 114 valence electrons. The van der Waals surface area contributed by atoms with Crippen LogP contribution in [0.1, 0.15) is 37.7 Å². The minimum Gasteiger partial charge on any atom is -0.370 e. The summed E-state index contributed by atoms with van der Waals surface area (Å²) in [5.74, 6) is 0. The second-order valence-electron chi connectivity index (χ2n) is 6.79. The van der Waals surface area contributed by atoms with E-state index in [0.717, 1.165) is 18.6 Å². The first kappa shape index (κ1) is 13.5. The van der Waals surface area contributed by atoms with Gasteiger partial charge < -0.3 is 10.2 Å². The predicted octanol–water partition coefficient (Wildman–Crippen LogP) is 2.01. The van der Waals surface area contributed by atoms with Gasteiger partial charge in [-0.3, -0.25) is 9.88 Å². The zero-order valence-corrected chi connectivity index (χ0v) is 12.8. The minimum absolute atomic E-state index is 0.757. The summed E-state index contributed by atoms with van der Waals surface area (Å²) in [5.41, 5.74) is 2.78. The minimum atomic E-state index is 0.757. The van der Waals surface area contributed by atoms with Crippen LogP contribution < -0.4 is 10.2 Å². The Morgan fingerprint density at radius 3 is 2.95 bits per heavy atom. The number of anilines is 1. The van der Waals surface area contributed by atoms with Gasteiger partial charge in [0.15, 0.2) is 0 Å². The van der Waals surface area contributed by atoms with E-state index in [0.29, 0.717) is 0 Å². The molecule has 0 aromatic carbocycles. The molecule has 4 rings (SSSR count). The molecule has 0 radical (unpaired) electrons. The monoisotopic (exact) mass is 286 g/mol. The number of nitrogens with zero attached hydrogens (tertiary/aromatic N) is 3. The SMILES string of the molecule is c1cc(N2CCCN3CCCC3C2)c(CNC2CC2)cn1. The van der Waals surface area contributed by atoms with E-state index in [9.17, 15) is 0 Å². The first-order valence-corrected chi connectivity index (χ1v) is 8.55. The molecule has 3 aliphatic rings. The van der Waals surface area contributed by atoms with Crippen LogP contribution in [-0.4, -0.2) is 48.1 Å². The summed E-state index contributed by atoms with van der Waals surface area (Å²) in [6, 6.07) is 3.74. The van der Waals surface area contributed by atoms with Gasteiger partial charge in [0.1, 0.15) is 0 Å². The smallest absolute Gasteiger partial charge is 0.0443 e. The molecule has 1 atom stereocenters. The lowest BCUT2D eigenvalue weighted by Crippen LogP contribution is -2.37. The molecule has 3 heterocycles. The summed E-state index contributed by atoms with van der Waals surface area (Å²) in [7, 11) is 0. The average Bonchev–Trinajstić information content (AvgIpc) is 3.28. The van der Waals surface area contributed by atoms with Gasteiger partial charge in [-0.1, -0.05) is 0 Å². The fourth-order valence-electron chi connectivity index (χ4n) is 3.83. The molecule has 1 aromatic heterocycles. The highest BCUT2D eigenvalue weighted by Gasteiger charge is 2.29. The lowest BCUT2D eigenvalue weighted by Gasteiger charge is -2.29. The van der Waals surface area contributed by atoms with Crippen LogP contribution >= 0.6 is 0 Å². The number of rotatable bonds is 4. The van der Waals surface area contributed by atoms with Crippen molar-refractivity contribution >= 4 is 5.69 Å².